The molecule has 0 aromatic heterocycles. The molecule has 96 valence electrons. The Kier molecular flexibility index (Phi) is 6.32. The lowest BCUT2D eigenvalue weighted by Crippen LogP contribution is -2.49. The van der Waals surface area contributed by atoms with E-state index >= 15 is 0 Å². The highest BCUT2D eigenvalue weighted by Gasteiger charge is 2.25. The Morgan fingerprint density at radius 3 is 2.50 bits per heavy atom. The number of nitrogens with one attached hydrogen (secondary N) is 1. The molecule has 3 nitrogen and oxygen atoms in total. The van der Waals surface area contributed by atoms with Gasteiger partial charge in [-0.25, -0.2) is 0 Å². The zero-order valence-corrected chi connectivity index (χ0v) is 11.1. The number of β-amino-alcohol motifs (C(OH)–C–C–N with tert-alkyl or cyclic N) is 1. The summed E-state index contributed by atoms with van der Waals surface area (Å²) in [5, 5.41) is 13.2. The number of likely N-dealkylation sites (tertiary alicyclic amines) is 1. The second-order valence-corrected chi connectivity index (χ2v) is 5.18. The molecule has 0 radical (unpaired) electrons. The average molecular weight is 228 g/mol. The van der Waals surface area contributed by atoms with E-state index in [9.17, 15) is 5.11 Å². The minimum Gasteiger partial charge on any atom is -0.390 e. The van der Waals surface area contributed by atoms with E-state index in [-0.39, 0.29) is 6.10 Å². The van der Waals surface area contributed by atoms with Crippen LogP contribution in [0.3, 0.4) is 0 Å². The molecule has 3 unspecified atom stereocenters. The van der Waals surface area contributed by atoms with Gasteiger partial charge < -0.3 is 10.4 Å². The van der Waals surface area contributed by atoms with E-state index in [2.05, 4.69) is 31.0 Å². The van der Waals surface area contributed by atoms with Crippen LogP contribution in [0.4, 0.5) is 0 Å². The molecule has 0 aromatic rings. The Morgan fingerprint density at radius 2 is 1.94 bits per heavy atom. The van der Waals surface area contributed by atoms with Crippen molar-refractivity contribution in [3.63, 3.8) is 0 Å². The summed E-state index contributed by atoms with van der Waals surface area (Å²) in [7, 11) is 0. The fourth-order valence-electron chi connectivity index (χ4n) is 2.59. The minimum atomic E-state index is -0.227. The molecule has 0 bridgehead atoms. The molecule has 1 aliphatic rings. The van der Waals surface area contributed by atoms with Crippen LogP contribution >= 0.6 is 0 Å². The molecule has 0 aromatic carbocycles. The van der Waals surface area contributed by atoms with E-state index in [4.69, 9.17) is 0 Å². The molecule has 3 atom stereocenters. The third-order valence-corrected chi connectivity index (χ3v) is 3.60. The predicted octanol–water partition coefficient (Wildman–Crippen LogP) is 1.61. The third kappa shape index (κ3) is 4.40. The molecule has 3 heteroatoms. The Hall–Kier alpha value is -0.120. The normalized spacial score (nSPS) is 29.2. The fraction of sp³-hybridized carbons (Fsp3) is 1.00. The minimum absolute atomic E-state index is 0.227. The first-order chi connectivity index (χ1) is 7.65. The second kappa shape index (κ2) is 7.25. The summed E-state index contributed by atoms with van der Waals surface area (Å²) in [4.78, 5) is 2.46. The van der Waals surface area contributed by atoms with Crippen molar-refractivity contribution in [1.29, 1.82) is 0 Å². The Labute approximate surface area is 100 Å². The summed E-state index contributed by atoms with van der Waals surface area (Å²) in [6.07, 6.45) is 4.79. The summed E-state index contributed by atoms with van der Waals surface area (Å²) >= 11 is 0. The number of piperidine rings is 1. The summed E-state index contributed by atoms with van der Waals surface area (Å²) in [5.41, 5.74) is 0. The summed E-state index contributed by atoms with van der Waals surface area (Å²) in [5.74, 6) is 0. The van der Waals surface area contributed by atoms with E-state index in [1.165, 1.54) is 19.3 Å². The van der Waals surface area contributed by atoms with Crippen molar-refractivity contribution in [2.75, 3.05) is 19.6 Å². The average Bonchev–Trinajstić information content (AvgIpc) is 2.24. The van der Waals surface area contributed by atoms with E-state index < -0.39 is 0 Å². The van der Waals surface area contributed by atoms with Gasteiger partial charge in [-0.3, -0.25) is 4.90 Å². The SMILES string of the molecule is CCCNCC(O)CN1C(C)CCCC1C. The molecule has 2 N–H and O–H groups in total. The van der Waals surface area contributed by atoms with Crippen LogP contribution < -0.4 is 5.32 Å². The maximum Gasteiger partial charge on any atom is 0.0791 e. The smallest absolute Gasteiger partial charge is 0.0791 e. The van der Waals surface area contributed by atoms with Gasteiger partial charge in [-0.15, -0.1) is 0 Å². The van der Waals surface area contributed by atoms with Crippen LogP contribution in [-0.2, 0) is 0 Å². The molecule has 1 fully saturated rings. The van der Waals surface area contributed by atoms with E-state index in [1.807, 2.05) is 0 Å². The van der Waals surface area contributed by atoms with Crippen molar-refractivity contribution in [3.05, 3.63) is 0 Å². The molecule has 0 spiro atoms. The number of nitrogens with zero attached hydrogens (tertiary/aromatic N) is 1. The molecule has 0 aliphatic carbocycles. The van der Waals surface area contributed by atoms with Gasteiger partial charge in [0.1, 0.15) is 0 Å². The van der Waals surface area contributed by atoms with Gasteiger partial charge in [-0.05, 0) is 39.7 Å². The number of rotatable bonds is 6. The Bertz CT molecular complexity index is 177. The zero-order chi connectivity index (χ0) is 12.0. The summed E-state index contributed by atoms with van der Waals surface area (Å²) in [6, 6.07) is 1.26. The largest absolute Gasteiger partial charge is 0.390 e. The van der Waals surface area contributed by atoms with Crippen LogP contribution in [0, 0.1) is 0 Å². The fourth-order valence-corrected chi connectivity index (χ4v) is 2.59. The lowest BCUT2D eigenvalue weighted by molar-refractivity contribution is 0.0419. The Morgan fingerprint density at radius 1 is 1.31 bits per heavy atom. The molecule has 1 aliphatic heterocycles. The molecule has 16 heavy (non-hydrogen) atoms. The number of hydrogen-bond donors (Lipinski definition) is 2. The van der Waals surface area contributed by atoms with E-state index in [0.717, 1.165) is 26.1 Å². The first-order valence-corrected chi connectivity index (χ1v) is 6.79. The van der Waals surface area contributed by atoms with Crippen molar-refractivity contribution in [2.24, 2.45) is 0 Å². The molecule has 0 saturated carbocycles. The first-order valence-electron chi connectivity index (χ1n) is 6.79. The van der Waals surface area contributed by atoms with Gasteiger partial charge in [0.25, 0.3) is 0 Å². The Balaban J connectivity index is 2.27. The highest BCUT2D eigenvalue weighted by atomic mass is 16.3. The summed E-state index contributed by atoms with van der Waals surface area (Å²) < 4.78 is 0. The van der Waals surface area contributed by atoms with Gasteiger partial charge >= 0.3 is 0 Å². The maximum atomic E-state index is 9.96. The number of hydrogen-bond acceptors (Lipinski definition) is 3. The highest BCUT2D eigenvalue weighted by molar-refractivity contribution is 4.81. The molecule has 1 rings (SSSR count). The van der Waals surface area contributed by atoms with Gasteiger partial charge in [0.2, 0.25) is 0 Å². The van der Waals surface area contributed by atoms with Crippen LogP contribution in [0.5, 0.6) is 0 Å². The molecule has 1 saturated heterocycles. The highest BCUT2D eigenvalue weighted by Crippen LogP contribution is 2.22. The van der Waals surface area contributed by atoms with Gasteiger partial charge in [-0.2, -0.15) is 0 Å². The quantitative estimate of drug-likeness (QED) is 0.678. The third-order valence-electron chi connectivity index (χ3n) is 3.60. The van der Waals surface area contributed by atoms with Crippen LogP contribution in [0.1, 0.15) is 46.5 Å². The number of aliphatic hydroxyl groups is 1. The van der Waals surface area contributed by atoms with Crippen molar-refractivity contribution in [1.82, 2.24) is 10.2 Å². The van der Waals surface area contributed by atoms with E-state index in [0.29, 0.717) is 12.1 Å². The van der Waals surface area contributed by atoms with Crippen LogP contribution in [0.2, 0.25) is 0 Å². The molecule has 0 amide bonds. The van der Waals surface area contributed by atoms with Crippen LogP contribution in [0.15, 0.2) is 0 Å². The molecular weight excluding hydrogens is 200 g/mol. The zero-order valence-electron chi connectivity index (χ0n) is 11.1. The van der Waals surface area contributed by atoms with Crippen LogP contribution in [-0.4, -0.2) is 47.8 Å². The summed E-state index contributed by atoms with van der Waals surface area (Å²) in [6.45, 7) is 9.25. The van der Waals surface area contributed by atoms with Gasteiger partial charge in [0.15, 0.2) is 0 Å². The topological polar surface area (TPSA) is 35.5 Å². The lowest BCUT2D eigenvalue weighted by atomic mass is 9.97. The van der Waals surface area contributed by atoms with E-state index in [1.54, 1.807) is 0 Å². The first kappa shape index (κ1) is 13.9. The molecular formula is C13H28N2O. The standard InChI is InChI=1S/C13H28N2O/c1-4-8-14-9-13(16)10-15-11(2)6-5-7-12(15)3/h11-14,16H,4-10H2,1-3H3. The van der Waals surface area contributed by atoms with Crippen molar-refractivity contribution < 1.29 is 5.11 Å². The van der Waals surface area contributed by atoms with Crippen LogP contribution in [0.25, 0.3) is 0 Å². The molecule has 1 heterocycles. The maximum absolute atomic E-state index is 9.96. The van der Waals surface area contributed by atoms with Gasteiger partial charge in [-0.1, -0.05) is 13.3 Å². The lowest BCUT2D eigenvalue weighted by Gasteiger charge is -2.40. The second-order valence-electron chi connectivity index (χ2n) is 5.18. The van der Waals surface area contributed by atoms with Gasteiger partial charge in [0, 0.05) is 25.2 Å². The number of aliphatic hydroxyl groups excluding tert-OH is 1. The van der Waals surface area contributed by atoms with Crippen molar-refractivity contribution in [3.8, 4) is 0 Å². The monoisotopic (exact) mass is 228 g/mol. The van der Waals surface area contributed by atoms with Crippen molar-refractivity contribution in [2.45, 2.75) is 64.6 Å². The van der Waals surface area contributed by atoms with Gasteiger partial charge in [0.05, 0.1) is 6.10 Å². The predicted molar refractivity (Wildman–Crippen MR) is 68.6 cm³/mol. The van der Waals surface area contributed by atoms with Crippen molar-refractivity contribution >= 4 is 0 Å².